The molecule has 1 aromatic heterocycles. The number of unbranched alkanes of at least 4 members (excludes halogenated alkanes) is 1. The molecule has 0 amide bonds. The summed E-state index contributed by atoms with van der Waals surface area (Å²) in [5.41, 5.74) is 14.4. The molecule has 0 unspecified atom stereocenters. The van der Waals surface area contributed by atoms with Gasteiger partial charge in [0.2, 0.25) is 0 Å². The zero-order valence-corrected chi connectivity index (χ0v) is 26.7. The number of halogens is 4. The molecule has 0 radical (unpaired) electrons. The Hall–Kier alpha value is -2.32. The minimum Gasteiger partial charge on any atom is -0.494 e. The van der Waals surface area contributed by atoms with Gasteiger partial charge in [0, 0.05) is 29.9 Å². The Labute approximate surface area is 271 Å². The summed E-state index contributed by atoms with van der Waals surface area (Å²) in [6.07, 6.45) is 8.40. The van der Waals surface area contributed by atoms with E-state index in [1.807, 2.05) is 42.6 Å². The summed E-state index contributed by atoms with van der Waals surface area (Å²) in [7, 11) is 0. The van der Waals surface area contributed by atoms with Crippen LogP contribution in [-0.4, -0.2) is 53.2 Å². The number of pyridine rings is 1. The van der Waals surface area contributed by atoms with Crippen LogP contribution in [0.1, 0.15) is 53.6 Å². The number of carbonyl (C=O) groups is 1. The minimum atomic E-state index is -0.987. The van der Waals surface area contributed by atoms with Gasteiger partial charge in [-0.1, -0.05) is 41.4 Å². The molecule has 2 aliphatic rings. The highest BCUT2D eigenvalue weighted by Crippen LogP contribution is 2.38. The Morgan fingerprint density at radius 3 is 2.40 bits per heavy atom. The zero-order valence-electron chi connectivity index (χ0n) is 23.5. The lowest BCUT2D eigenvalue weighted by molar-refractivity contribution is -0.138. The van der Waals surface area contributed by atoms with E-state index < -0.39 is 12.0 Å². The molecule has 5 rings (SSSR count). The number of nitrogens with two attached hydrogens (primary N) is 1. The fourth-order valence-electron chi connectivity index (χ4n) is 5.62. The smallest absolute Gasteiger partial charge is 0.320 e. The summed E-state index contributed by atoms with van der Waals surface area (Å²) in [6.45, 7) is 3.85. The van der Waals surface area contributed by atoms with E-state index in [9.17, 15) is 4.79 Å². The van der Waals surface area contributed by atoms with Crippen molar-refractivity contribution in [1.82, 2.24) is 9.88 Å². The van der Waals surface area contributed by atoms with E-state index in [4.69, 9.17) is 32.2 Å². The average Bonchev–Trinajstić information content (AvgIpc) is 3.10. The van der Waals surface area contributed by atoms with Crippen molar-refractivity contribution >= 4 is 60.4 Å². The Bertz CT molecular complexity index is 1340. The van der Waals surface area contributed by atoms with Gasteiger partial charge >= 0.3 is 5.97 Å². The number of hydrogen-bond donors (Lipinski definition) is 2. The van der Waals surface area contributed by atoms with Crippen LogP contribution in [-0.2, 0) is 24.1 Å². The summed E-state index contributed by atoms with van der Waals surface area (Å²) >= 11 is 6.36. The van der Waals surface area contributed by atoms with Crippen LogP contribution >= 0.6 is 48.8 Å². The summed E-state index contributed by atoms with van der Waals surface area (Å²) in [6, 6.07) is 17.2. The second-order valence-electron chi connectivity index (χ2n) is 10.5. The van der Waals surface area contributed by atoms with Crippen molar-refractivity contribution in [3.63, 3.8) is 0 Å². The lowest BCUT2D eigenvalue weighted by Crippen LogP contribution is -2.32. The fourth-order valence-corrected chi connectivity index (χ4v) is 5.82. The molecule has 228 valence electrons. The third-order valence-electron chi connectivity index (χ3n) is 7.78. The Morgan fingerprint density at radius 2 is 1.69 bits per heavy atom. The van der Waals surface area contributed by atoms with E-state index >= 15 is 0 Å². The van der Waals surface area contributed by atoms with Crippen LogP contribution in [0.25, 0.3) is 5.57 Å². The van der Waals surface area contributed by atoms with Crippen molar-refractivity contribution in [2.24, 2.45) is 5.73 Å². The third-order valence-corrected chi connectivity index (χ3v) is 8.01. The number of nitrogens with zero attached hydrogens (tertiary/aromatic N) is 2. The lowest BCUT2D eigenvalue weighted by Gasteiger charge is -2.30. The second kappa shape index (κ2) is 17.1. The molecule has 3 aromatic rings. The van der Waals surface area contributed by atoms with Gasteiger partial charge in [0.25, 0.3) is 0 Å². The summed E-state index contributed by atoms with van der Waals surface area (Å²) in [5, 5.41) is 9.76. The van der Waals surface area contributed by atoms with Crippen molar-refractivity contribution in [2.45, 2.75) is 51.0 Å². The molecule has 1 aliphatic carbocycles. The predicted molar refractivity (Wildman–Crippen MR) is 177 cm³/mol. The molecule has 0 saturated carbocycles. The van der Waals surface area contributed by atoms with Crippen molar-refractivity contribution < 1.29 is 14.6 Å². The van der Waals surface area contributed by atoms with Crippen LogP contribution in [0.15, 0.2) is 66.4 Å². The Morgan fingerprint density at radius 1 is 0.976 bits per heavy atom. The number of hydrogen-bond acceptors (Lipinski definition) is 5. The molecule has 1 fully saturated rings. The Balaban J connectivity index is 0.00000205. The zero-order chi connectivity index (χ0) is 27.2. The fraction of sp³-hybridized carbons (Fsp3) is 0.375. The van der Waals surface area contributed by atoms with E-state index in [0.717, 1.165) is 80.2 Å². The number of aliphatic carboxylic acids is 1. The number of aromatic nitrogens is 1. The van der Waals surface area contributed by atoms with Gasteiger partial charge < -0.3 is 20.5 Å². The summed E-state index contributed by atoms with van der Waals surface area (Å²) in [5.74, 6) is -0.185. The first kappa shape index (κ1) is 35.9. The first-order chi connectivity index (χ1) is 19.0. The maximum Gasteiger partial charge on any atom is 0.320 e. The maximum absolute atomic E-state index is 10.9. The van der Waals surface area contributed by atoms with E-state index in [-0.39, 0.29) is 37.2 Å². The van der Waals surface area contributed by atoms with Gasteiger partial charge in [0.05, 0.1) is 12.3 Å². The van der Waals surface area contributed by atoms with Crippen LogP contribution < -0.4 is 10.5 Å². The van der Waals surface area contributed by atoms with E-state index in [1.165, 1.54) is 27.8 Å². The van der Waals surface area contributed by atoms with Gasteiger partial charge in [0.1, 0.15) is 11.8 Å². The van der Waals surface area contributed by atoms with Crippen molar-refractivity contribution in [2.75, 3.05) is 26.2 Å². The molecule has 6 nitrogen and oxygen atoms in total. The van der Waals surface area contributed by atoms with Crippen LogP contribution in [0, 0.1) is 0 Å². The summed E-state index contributed by atoms with van der Waals surface area (Å²) in [4.78, 5) is 18.3. The number of carboxylic acid groups (broad SMARTS) is 1. The number of fused-ring (bicyclic) bond motifs is 2. The molecule has 3 N–H and O–H groups in total. The minimum absolute atomic E-state index is 0. The molecule has 2 aromatic carbocycles. The molecule has 2 heterocycles. The summed E-state index contributed by atoms with van der Waals surface area (Å²) < 4.78 is 5.90. The normalized spacial score (nSPS) is 15.1. The molecular weight excluding hydrogens is 616 g/mol. The van der Waals surface area contributed by atoms with Gasteiger partial charge in [-0.25, -0.2) is 0 Å². The standard InChI is InChI=1S/C32H36ClN3O3.3ClH/c33-26-9-12-28-25(21-26)8-7-24-4-3-15-35-31(24)30(28)23-13-17-36(18-14-23)16-1-2-19-39-27-10-5-22(6-11-27)20-29(34)32(37)38;;;/h3-6,9-12,15,21,29H,1-2,7-8,13-14,16-20,34H2,(H,37,38);3*1H/t29-;;;/m0.../s1. The molecule has 1 atom stereocenters. The molecule has 10 heteroatoms. The number of benzene rings is 2. The first-order valence-corrected chi connectivity index (χ1v) is 14.2. The maximum atomic E-state index is 10.9. The van der Waals surface area contributed by atoms with E-state index in [1.54, 1.807) is 0 Å². The average molecular weight is 655 g/mol. The van der Waals surface area contributed by atoms with Gasteiger partial charge in [-0.3, -0.25) is 9.78 Å². The molecular formula is C32H39Cl4N3O3. The largest absolute Gasteiger partial charge is 0.494 e. The van der Waals surface area contributed by atoms with Gasteiger partial charge in [0.15, 0.2) is 0 Å². The Kier molecular flexibility index (Phi) is 14.6. The molecule has 42 heavy (non-hydrogen) atoms. The van der Waals surface area contributed by atoms with Crippen molar-refractivity contribution in [1.29, 1.82) is 0 Å². The van der Waals surface area contributed by atoms with Gasteiger partial charge in [-0.05, 0) is 104 Å². The van der Waals surface area contributed by atoms with Gasteiger partial charge in [-0.15, -0.1) is 37.2 Å². The van der Waals surface area contributed by atoms with Crippen molar-refractivity contribution in [3.8, 4) is 5.75 Å². The predicted octanol–water partition coefficient (Wildman–Crippen LogP) is 6.81. The van der Waals surface area contributed by atoms with Gasteiger partial charge in [-0.2, -0.15) is 0 Å². The SMILES string of the molecule is Cl.Cl.Cl.N[C@@H](Cc1ccc(OCCCCN2CCC(=C3c4ccc(Cl)cc4CCc4cccnc43)CC2)cc1)C(=O)O. The molecule has 1 aliphatic heterocycles. The highest BCUT2D eigenvalue weighted by atomic mass is 35.5. The second-order valence-corrected chi connectivity index (χ2v) is 10.9. The number of aryl methyl sites for hydroxylation is 2. The number of ether oxygens (including phenoxy) is 1. The van der Waals surface area contributed by atoms with Crippen LogP contribution in [0.2, 0.25) is 5.02 Å². The molecule has 0 bridgehead atoms. The van der Waals surface area contributed by atoms with E-state index in [0.29, 0.717) is 13.0 Å². The van der Waals surface area contributed by atoms with Crippen LogP contribution in [0.3, 0.4) is 0 Å². The monoisotopic (exact) mass is 653 g/mol. The van der Waals surface area contributed by atoms with Crippen LogP contribution in [0.4, 0.5) is 0 Å². The molecule has 0 spiro atoms. The third kappa shape index (κ3) is 9.09. The van der Waals surface area contributed by atoms with Crippen LogP contribution in [0.5, 0.6) is 5.75 Å². The first-order valence-electron chi connectivity index (χ1n) is 13.9. The number of piperidine rings is 1. The topological polar surface area (TPSA) is 88.7 Å². The molecule has 1 saturated heterocycles. The highest BCUT2D eigenvalue weighted by Gasteiger charge is 2.25. The highest BCUT2D eigenvalue weighted by molar-refractivity contribution is 6.30. The number of rotatable bonds is 9. The lowest BCUT2D eigenvalue weighted by atomic mass is 9.88. The number of likely N-dealkylation sites (tertiary alicyclic amines) is 1. The quantitative estimate of drug-likeness (QED) is 0.247. The van der Waals surface area contributed by atoms with E-state index in [2.05, 4.69) is 23.1 Å². The van der Waals surface area contributed by atoms with Crippen molar-refractivity contribution in [3.05, 3.63) is 99.3 Å². The number of carboxylic acids is 1.